The van der Waals surface area contributed by atoms with Gasteiger partial charge in [0.1, 0.15) is 0 Å². The molecule has 2 aliphatic rings. The number of carbonyl (C=O) groups is 1. The van der Waals surface area contributed by atoms with E-state index in [4.69, 9.17) is 14.2 Å². The highest BCUT2D eigenvalue weighted by molar-refractivity contribution is 5.77. The van der Waals surface area contributed by atoms with E-state index in [1.807, 2.05) is 18.2 Å². The van der Waals surface area contributed by atoms with Crippen LogP contribution in [0.5, 0.6) is 17.2 Å². The van der Waals surface area contributed by atoms with E-state index in [2.05, 4.69) is 46.2 Å². The quantitative estimate of drug-likeness (QED) is 0.602. The Morgan fingerprint density at radius 2 is 1.73 bits per heavy atom. The first-order valence-corrected chi connectivity index (χ1v) is 11.6. The molecule has 0 N–H and O–H groups in total. The molecule has 2 atom stereocenters. The number of likely N-dealkylation sites (tertiary alicyclic amines) is 2. The summed E-state index contributed by atoms with van der Waals surface area (Å²) >= 11 is 0. The van der Waals surface area contributed by atoms with Crippen LogP contribution in [0.25, 0.3) is 6.08 Å². The molecule has 0 saturated carbocycles. The van der Waals surface area contributed by atoms with Crippen molar-refractivity contribution in [2.75, 3.05) is 41.0 Å². The number of hydrogen-bond acceptors (Lipinski definition) is 5. The summed E-state index contributed by atoms with van der Waals surface area (Å²) in [5.41, 5.74) is 2.22. The molecule has 0 radical (unpaired) electrons. The molecule has 0 aromatic heterocycles. The van der Waals surface area contributed by atoms with Crippen LogP contribution in [0.1, 0.15) is 30.4 Å². The largest absolute Gasteiger partial charge is 0.493 e. The molecule has 1 amide bonds. The number of benzene rings is 2. The smallest absolute Gasteiger partial charge is 0.223 e. The third-order valence-corrected chi connectivity index (χ3v) is 6.78. The van der Waals surface area contributed by atoms with E-state index >= 15 is 0 Å². The van der Waals surface area contributed by atoms with Gasteiger partial charge in [0.25, 0.3) is 0 Å². The molecule has 0 aliphatic carbocycles. The average molecular weight is 451 g/mol. The van der Waals surface area contributed by atoms with Crippen LogP contribution in [0.3, 0.4) is 0 Å². The summed E-state index contributed by atoms with van der Waals surface area (Å²) in [6, 6.07) is 14.6. The normalized spacial score (nSPS) is 21.2. The van der Waals surface area contributed by atoms with Crippen molar-refractivity contribution in [3.05, 3.63) is 59.7 Å². The number of amides is 1. The highest BCUT2D eigenvalue weighted by Gasteiger charge is 2.39. The third kappa shape index (κ3) is 5.33. The maximum Gasteiger partial charge on any atom is 0.223 e. The molecule has 6 heteroatoms. The SMILES string of the molecule is COc1cc(CN2C(=O)CC[C@@H]3CN(C/C=C/c4ccccc4)CC[C@@H]32)cc(OC)c1OC. The third-order valence-electron chi connectivity index (χ3n) is 6.78. The van der Waals surface area contributed by atoms with E-state index in [0.29, 0.717) is 36.1 Å². The topological polar surface area (TPSA) is 51.2 Å². The Morgan fingerprint density at radius 1 is 1.00 bits per heavy atom. The summed E-state index contributed by atoms with van der Waals surface area (Å²) in [6.07, 6.45) is 7.01. The van der Waals surface area contributed by atoms with Crippen LogP contribution in [0.2, 0.25) is 0 Å². The Morgan fingerprint density at radius 3 is 2.39 bits per heavy atom. The summed E-state index contributed by atoms with van der Waals surface area (Å²) in [5, 5.41) is 0. The van der Waals surface area contributed by atoms with Crippen molar-refractivity contribution < 1.29 is 19.0 Å². The lowest BCUT2D eigenvalue weighted by molar-refractivity contribution is -0.141. The summed E-state index contributed by atoms with van der Waals surface area (Å²) in [5.74, 6) is 2.55. The molecule has 33 heavy (non-hydrogen) atoms. The minimum absolute atomic E-state index is 0.238. The van der Waals surface area contributed by atoms with E-state index in [0.717, 1.165) is 38.0 Å². The Kier molecular flexibility index (Phi) is 7.55. The van der Waals surface area contributed by atoms with E-state index in [1.54, 1.807) is 21.3 Å². The number of carbonyl (C=O) groups excluding carboxylic acids is 1. The average Bonchev–Trinajstić information content (AvgIpc) is 2.85. The molecule has 2 aliphatic heterocycles. The molecule has 2 aromatic rings. The Labute approximate surface area is 196 Å². The molecule has 0 bridgehead atoms. The van der Waals surface area contributed by atoms with Crippen molar-refractivity contribution in [1.29, 1.82) is 0 Å². The van der Waals surface area contributed by atoms with Crippen LogP contribution in [0.4, 0.5) is 0 Å². The predicted octanol–water partition coefficient (Wildman–Crippen LogP) is 4.24. The number of hydrogen-bond donors (Lipinski definition) is 0. The summed E-state index contributed by atoms with van der Waals surface area (Å²) in [4.78, 5) is 17.5. The van der Waals surface area contributed by atoms with Crippen molar-refractivity contribution in [2.24, 2.45) is 5.92 Å². The number of rotatable bonds is 8. The molecule has 0 unspecified atom stereocenters. The van der Waals surface area contributed by atoms with Crippen molar-refractivity contribution in [3.8, 4) is 17.2 Å². The van der Waals surface area contributed by atoms with Crippen molar-refractivity contribution in [2.45, 2.75) is 31.8 Å². The molecular formula is C27H34N2O4. The second-order valence-corrected chi connectivity index (χ2v) is 8.78. The van der Waals surface area contributed by atoms with Gasteiger partial charge in [0.05, 0.1) is 21.3 Å². The minimum Gasteiger partial charge on any atom is -0.493 e. The molecule has 176 valence electrons. The fourth-order valence-electron chi connectivity index (χ4n) is 5.12. The highest BCUT2D eigenvalue weighted by atomic mass is 16.5. The molecule has 2 aromatic carbocycles. The number of piperidine rings is 2. The van der Waals surface area contributed by atoms with E-state index in [1.165, 1.54) is 5.56 Å². The van der Waals surface area contributed by atoms with E-state index < -0.39 is 0 Å². The zero-order valence-electron chi connectivity index (χ0n) is 19.8. The molecule has 0 spiro atoms. The zero-order valence-corrected chi connectivity index (χ0v) is 19.8. The predicted molar refractivity (Wildman–Crippen MR) is 130 cm³/mol. The molecule has 2 fully saturated rings. The fraction of sp³-hybridized carbons (Fsp3) is 0.444. The minimum atomic E-state index is 0.238. The van der Waals surface area contributed by atoms with Gasteiger partial charge in [0.2, 0.25) is 11.7 Å². The van der Waals surface area contributed by atoms with Crippen LogP contribution in [-0.2, 0) is 11.3 Å². The number of ether oxygens (including phenoxy) is 3. The van der Waals surface area contributed by atoms with Crippen LogP contribution in [0, 0.1) is 5.92 Å². The Hall–Kier alpha value is -2.99. The monoisotopic (exact) mass is 450 g/mol. The van der Waals surface area contributed by atoms with Gasteiger partial charge in [0, 0.05) is 38.6 Å². The van der Waals surface area contributed by atoms with Crippen molar-refractivity contribution in [1.82, 2.24) is 9.80 Å². The number of methoxy groups -OCH3 is 3. The van der Waals surface area contributed by atoms with Gasteiger partial charge in [-0.05, 0) is 42.0 Å². The van der Waals surface area contributed by atoms with Crippen molar-refractivity contribution >= 4 is 12.0 Å². The lowest BCUT2D eigenvalue weighted by atomic mass is 9.83. The van der Waals surface area contributed by atoms with Gasteiger partial charge in [-0.25, -0.2) is 0 Å². The van der Waals surface area contributed by atoms with Gasteiger partial charge in [-0.2, -0.15) is 0 Å². The Balaban J connectivity index is 1.43. The van der Waals surface area contributed by atoms with Gasteiger partial charge in [-0.1, -0.05) is 42.5 Å². The van der Waals surface area contributed by atoms with Gasteiger partial charge >= 0.3 is 0 Å². The molecule has 2 saturated heterocycles. The highest BCUT2D eigenvalue weighted by Crippen LogP contribution is 2.39. The van der Waals surface area contributed by atoms with E-state index in [9.17, 15) is 4.79 Å². The maximum absolute atomic E-state index is 12.9. The first kappa shape index (κ1) is 23.2. The van der Waals surface area contributed by atoms with E-state index in [-0.39, 0.29) is 11.9 Å². The van der Waals surface area contributed by atoms with Gasteiger partial charge < -0.3 is 19.1 Å². The second kappa shape index (κ2) is 10.8. The van der Waals surface area contributed by atoms with Crippen LogP contribution in [-0.4, -0.2) is 62.7 Å². The number of nitrogens with zero attached hydrogens (tertiary/aromatic N) is 2. The van der Waals surface area contributed by atoms with Gasteiger partial charge in [0.15, 0.2) is 11.5 Å². The standard InChI is InChI=1S/C27H34N2O4/c1-31-24-16-21(17-25(32-2)27(24)33-3)18-29-23-13-15-28(19-22(23)11-12-26(29)30)14-7-10-20-8-5-4-6-9-20/h4-10,16-17,22-23H,11-15,18-19H2,1-3H3/b10-7+/t22-,23+/m1/s1. The first-order chi connectivity index (χ1) is 16.1. The molecule has 6 nitrogen and oxygen atoms in total. The molecule has 4 rings (SSSR count). The van der Waals surface area contributed by atoms with Crippen molar-refractivity contribution in [3.63, 3.8) is 0 Å². The fourth-order valence-corrected chi connectivity index (χ4v) is 5.12. The summed E-state index contributed by atoms with van der Waals surface area (Å²) in [7, 11) is 4.83. The summed E-state index contributed by atoms with van der Waals surface area (Å²) < 4.78 is 16.4. The molecule has 2 heterocycles. The van der Waals surface area contributed by atoms with Gasteiger partial charge in [-0.3, -0.25) is 9.69 Å². The second-order valence-electron chi connectivity index (χ2n) is 8.78. The maximum atomic E-state index is 12.9. The Bertz CT molecular complexity index is 950. The zero-order chi connectivity index (χ0) is 23.2. The van der Waals surface area contributed by atoms with Crippen LogP contribution >= 0.6 is 0 Å². The van der Waals surface area contributed by atoms with Gasteiger partial charge in [-0.15, -0.1) is 0 Å². The lowest BCUT2D eigenvalue weighted by Gasteiger charge is -2.47. The van der Waals surface area contributed by atoms with Crippen LogP contribution in [0.15, 0.2) is 48.5 Å². The number of fused-ring (bicyclic) bond motifs is 1. The molecular weight excluding hydrogens is 416 g/mol. The lowest BCUT2D eigenvalue weighted by Crippen LogP contribution is -2.55. The first-order valence-electron chi connectivity index (χ1n) is 11.6. The summed E-state index contributed by atoms with van der Waals surface area (Å²) in [6.45, 7) is 3.53. The van der Waals surface area contributed by atoms with Crippen LogP contribution < -0.4 is 14.2 Å².